The van der Waals surface area contributed by atoms with Crippen LogP contribution in [0.1, 0.15) is 0 Å². The molecular formula is C8H9ClN2O3. The normalized spacial score (nSPS) is 12.9. The Morgan fingerprint density at radius 3 is 3.00 bits per heavy atom. The molecule has 0 atom stereocenters. The van der Waals surface area contributed by atoms with Gasteiger partial charge in [0.25, 0.3) is 5.69 Å². The lowest BCUT2D eigenvalue weighted by Gasteiger charge is -2.18. The minimum absolute atomic E-state index is 0. The Morgan fingerprint density at radius 2 is 2.29 bits per heavy atom. The van der Waals surface area contributed by atoms with Crippen LogP contribution in [0.4, 0.5) is 11.4 Å². The second kappa shape index (κ2) is 4.15. The molecule has 0 saturated heterocycles. The lowest BCUT2D eigenvalue weighted by molar-refractivity contribution is -0.384. The second-order valence-corrected chi connectivity index (χ2v) is 2.68. The molecule has 0 radical (unpaired) electrons. The quantitative estimate of drug-likeness (QED) is 0.575. The average Bonchev–Trinajstić information content (AvgIpc) is 2.17. The van der Waals surface area contributed by atoms with Crippen LogP contribution in [0.2, 0.25) is 0 Å². The maximum Gasteiger partial charge on any atom is 0.296 e. The zero-order valence-corrected chi connectivity index (χ0v) is 8.04. The van der Waals surface area contributed by atoms with Crippen molar-refractivity contribution >= 4 is 23.8 Å². The first-order chi connectivity index (χ1) is 6.29. The molecule has 1 N–H and O–H groups in total. The Morgan fingerprint density at radius 1 is 1.50 bits per heavy atom. The fourth-order valence-corrected chi connectivity index (χ4v) is 1.31. The molecule has 5 nitrogen and oxygen atoms in total. The van der Waals surface area contributed by atoms with E-state index in [1.807, 2.05) is 0 Å². The number of nitrogens with one attached hydrogen (secondary N) is 1. The van der Waals surface area contributed by atoms with Crippen molar-refractivity contribution in [1.82, 2.24) is 0 Å². The van der Waals surface area contributed by atoms with E-state index < -0.39 is 4.92 Å². The molecule has 0 spiro atoms. The third-order valence-corrected chi connectivity index (χ3v) is 1.86. The molecule has 14 heavy (non-hydrogen) atoms. The van der Waals surface area contributed by atoms with Crippen molar-refractivity contribution in [2.24, 2.45) is 0 Å². The topological polar surface area (TPSA) is 64.4 Å². The molecule has 0 saturated carbocycles. The number of ether oxygens (including phenoxy) is 1. The summed E-state index contributed by atoms with van der Waals surface area (Å²) in [4.78, 5) is 10.2. The van der Waals surface area contributed by atoms with Gasteiger partial charge in [0.1, 0.15) is 12.4 Å². The smallest absolute Gasteiger partial charge is 0.296 e. The van der Waals surface area contributed by atoms with Gasteiger partial charge in [-0.15, -0.1) is 12.4 Å². The van der Waals surface area contributed by atoms with Gasteiger partial charge in [0.05, 0.1) is 4.92 Å². The van der Waals surface area contributed by atoms with E-state index in [0.717, 1.165) is 0 Å². The summed E-state index contributed by atoms with van der Waals surface area (Å²) in [5.41, 5.74) is 0.552. The Bertz CT molecular complexity index is 356. The predicted molar refractivity (Wildman–Crippen MR) is 54.3 cm³/mol. The highest BCUT2D eigenvalue weighted by Crippen LogP contribution is 2.35. The van der Waals surface area contributed by atoms with E-state index in [4.69, 9.17) is 4.74 Å². The van der Waals surface area contributed by atoms with Crippen molar-refractivity contribution in [2.45, 2.75) is 0 Å². The van der Waals surface area contributed by atoms with Gasteiger partial charge >= 0.3 is 0 Å². The van der Waals surface area contributed by atoms with Gasteiger partial charge in [-0.1, -0.05) is 6.07 Å². The van der Waals surface area contributed by atoms with Crippen LogP contribution in [0.15, 0.2) is 18.2 Å². The highest BCUT2D eigenvalue weighted by Gasteiger charge is 2.20. The van der Waals surface area contributed by atoms with Crippen LogP contribution in [-0.2, 0) is 0 Å². The van der Waals surface area contributed by atoms with E-state index in [-0.39, 0.29) is 18.1 Å². The minimum Gasteiger partial charge on any atom is -0.489 e. The summed E-state index contributed by atoms with van der Waals surface area (Å²) in [6.45, 7) is 1.16. The van der Waals surface area contributed by atoms with E-state index in [9.17, 15) is 10.1 Å². The van der Waals surface area contributed by atoms with E-state index in [0.29, 0.717) is 24.6 Å². The first kappa shape index (κ1) is 10.6. The Balaban J connectivity index is 0.000000980. The van der Waals surface area contributed by atoms with Crippen LogP contribution in [0.25, 0.3) is 0 Å². The van der Waals surface area contributed by atoms with E-state index in [1.165, 1.54) is 6.07 Å². The summed E-state index contributed by atoms with van der Waals surface area (Å²) < 4.78 is 5.25. The van der Waals surface area contributed by atoms with Gasteiger partial charge in [-0.05, 0) is 6.07 Å². The standard InChI is InChI=1S/C8H8N2O3.ClH/c11-10(12)6-2-1-3-7-8(6)9-4-5-13-7;/h1-3,9H,4-5H2;1H. The third-order valence-electron chi connectivity index (χ3n) is 1.86. The van der Waals surface area contributed by atoms with Gasteiger partial charge in [0.15, 0.2) is 5.69 Å². The molecule has 1 heterocycles. The first-order valence-corrected chi connectivity index (χ1v) is 3.93. The Hall–Kier alpha value is -1.49. The van der Waals surface area contributed by atoms with Gasteiger partial charge in [0, 0.05) is 12.6 Å². The number of anilines is 1. The number of benzene rings is 1. The highest BCUT2D eigenvalue weighted by atomic mass is 35.5. The molecule has 1 aromatic carbocycles. The van der Waals surface area contributed by atoms with Crippen LogP contribution in [0, 0.1) is 10.1 Å². The molecule has 2 rings (SSSR count). The monoisotopic (exact) mass is 216 g/mol. The van der Waals surface area contributed by atoms with E-state index in [2.05, 4.69) is 5.32 Å². The summed E-state index contributed by atoms with van der Waals surface area (Å²) in [6, 6.07) is 4.79. The van der Waals surface area contributed by atoms with Crippen molar-refractivity contribution < 1.29 is 9.66 Å². The number of nitrogens with zero attached hydrogens (tertiary/aromatic N) is 1. The van der Waals surface area contributed by atoms with Crippen LogP contribution < -0.4 is 10.1 Å². The van der Waals surface area contributed by atoms with Gasteiger partial charge in [-0.3, -0.25) is 10.1 Å². The summed E-state index contributed by atoms with van der Waals surface area (Å²) in [5.74, 6) is 0.556. The molecule has 1 aromatic rings. The zero-order chi connectivity index (χ0) is 9.26. The summed E-state index contributed by atoms with van der Waals surface area (Å²) >= 11 is 0. The van der Waals surface area contributed by atoms with Crippen molar-refractivity contribution in [2.75, 3.05) is 18.5 Å². The van der Waals surface area contributed by atoms with Gasteiger partial charge in [-0.2, -0.15) is 0 Å². The van der Waals surface area contributed by atoms with Crippen LogP contribution in [0.5, 0.6) is 5.75 Å². The van der Waals surface area contributed by atoms with Crippen LogP contribution in [0.3, 0.4) is 0 Å². The van der Waals surface area contributed by atoms with Crippen molar-refractivity contribution in [1.29, 1.82) is 0 Å². The van der Waals surface area contributed by atoms with E-state index in [1.54, 1.807) is 12.1 Å². The van der Waals surface area contributed by atoms with E-state index >= 15 is 0 Å². The molecule has 0 bridgehead atoms. The first-order valence-electron chi connectivity index (χ1n) is 3.93. The minimum atomic E-state index is -0.416. The number of hydrogen-bond donors (Lipinski definition) is 1. The van der Waals surface area contributed by atoms with Crippen molar-refractivity contribution in [3.63, 3.8) is 0 Å². The molecule has 76 valence electrons. The Labute approximate surface area is 86.6 Å². The number of hydrogen-bond acceptors (Lipinski definition) is 4. The Kier molecular flexibility index (Phi) is 3.14. The average molecular weight is 217 g/mol. The van der Waals surface area contributed by atoms with Crippen LogP contribution >= 0.6 is 12.4 Å². The molecule has 1 aliphatic rings. The molecule has 0 unspecified atom stereocenters. The SMILES string of the molecule is Cl.O=[N+]([O-])c1cccc2c1NCCO2. The van der Waals surface area contributed by atoms with Gasteiger partial charge < -0.3 is 10.1 Å². The summed E-state index contributed by atoms with van der Waals surface area (Å²) in [6.07, 6.45) is 0. The fraction of sp³-hybridized carbons (Fsp3) is 0.250. The summed E-state index contributed by atoms with van der Waals surface area (Å²) in [5, 5.41) is 13.5. The molecule has 6 heteroatoms. The maximum absolute atomic E-state index is 10.6. The molecule has 0 aliphatic carbocycles. The number of rotatable bonds is 1. The molecule has 1 aliphatic heterocycles. The largest absolute Gasteiger partial charge is 0.489 e. The zero-order valence-electron chi connectivity index (χ0n) is 7.23. The van der Waals surface area contributed by atoms with Crippen molar-refractivity contribution in [3.05, 3.63) is 28.3 Å². The number of fused-ring (bicyclic) bond motifs is 1. The lowest BCUT2D eigenvalue weighted by Crippen LogP contribution is -2.18. The van der Waals surface area contributed by atoms with Crippen molar-refractivity contribution in [3.8, 4) is 5.75 Å². The summed E-state index contributed by atoms with van der Waals surface area (Å²) in [7, 11) is 0. The number of halogens is 1. The number of nitro benzene ring substituents is 1. The second-order valence-electron chi connectivity index (χ2n) is 2.68. The molecular weight excluding hydrogens is 208 g/mol. The maximum atomic E-state index is 10.6. The van der Waals surface area contributed by atoms with Gasteiger partial charge in [0.2, 0.25) is 0 Å². The number of nitro groups is 1. The number of para-hydroxylation sites is 1. The van der Waals surface area contributed by atoms with Crippen LogP contribution in [-0.4, -0.2) is 18.1 Å². The fourth-order valence-electron chi connectivity index (χ4n) is 1.31. The molecule has 0 fully saturated rings. The highest BCUT2D eigenvalue weighted by molar-refractivity contribution is 5.85. The molecule has 0 amide bonds. The third kappa shape index (κ3) is 1.72. The lowest BCUT2D eigenvalue weighted by atomic mass is 10.2. The molecule has 0 aromatic heterocycles. The predicted octanol–water partition coefficient (Wildman–Crippen LogP) is 1.82. The van der Waals surface area contributed by atoms with Gasteiger partial charge in [-0.25, -0.2) is 0 Å².